The van der Waals surface area contributed by atoms with Gasteiger partial charge in [-0.25, -0.2) is 22.8 Å². The van der Waals surface area contributed by atoms with Crippen molar-refractivity contribution in [3.8, 4) is 0 Å². The van der Waals surface area contributed by atoms with Crippen LogP contribution >= 0.6 is 0 Å². The molecule has 7 heteroatoms. The van der Waals surface area contributed by atoms with E-state index < -0.39 is 16.1 Å². The second kappa shape index (κ2) is 6.58. The molecule has 0 unspecified atom stereocenters. The molecule has 0 saturated heterocycles. The van der Waals surface area contributed by atoms with Crippen molar-refractivity contribution in [3.05, 3.63) is 41.5 Å². The lowest BCUT2D eigenvalue weighted by atomic mass is 10.2. The third kappa shape index (κ3) is 3.53. The van der Waals surface area contributed by atoms with Gasteiger partial charge in [0.05, 0.1) is 10.9 Å². The van der Waals surface area contributed by atoms with Crippen LogP contribution < -0.4 is 4.72 Å². The van der Waals surface area contributed by atoms with Crippen LogP contribution in [0.4, 0.5) is 0 Å². The van der Waals surface area contributed by atoms with E-state index >= 15 is 0 Å². The highest BCUT2D eigenvalue weighted by molar-refractivity contribution is 7.89. The van der Waals surface area contributed by atoms with Crippen molar-refractivity contribution in [1.29, 1.82) is 0 Å². The number of aryl methyl sites for hydroxylation is 3. The van der Waals surface area contributed by atoms with E-state index in [1.54, 1.807) is 24.6 Å². The van der Waals surface area contributed by atoms with Gasteiger partial charge in [0.25, 0.3) is 0 Å². The van der Waals surface area contributed by atoms with Crippen LogP contribution in [0.15, 0.2) is 29.4 Å². The zero-order chi connectivity index (χ0) is 16.3. The summed E-state index contributed by atoms with van der Waals surface area (Å²) in [6.07, 6.45) is 2.36. The number of rotatable bonds is 6. The minimum Gasteiger partial charge on any atom is -0.249 e. The predicted octanol–water partition coefficient (Wildman–Crippen LogP) is 2.34. The molecule has 0 aliphatic rings. The van der Waals surface area contributed by atoms with E-state index in [1.807, 2.05) is 26.0 Å². The van der Waals surface area contributed by atoms with Crippen molar-refractivity contribution in [3.63, 3.8) is 0 Å². The monoisotopic (exact) mass is 322 g/mol. The van der Waals surface area contributed by atoms with Gasteiger partial charge in [0, 0.05) is 6.54 Å². The van der Waals surface area contributed by atoms with Crippen molar-refractivity contribution < 1.29 is 8.42 Å². The quantitative estimate of drug-likeness (QED) is 0.885. The second-order valence-electron chi connectivity index (χ2n) is 5.45. The van der Waals surface area contributed by atoms with Crippen LogP contribution in [-0.4, -0.2) is 23.2 Å². The molecule has 0 fully saturated rings. The molecule has 1 aromatic carbocycles. The Balaban J connectivity index is 2.28. The molecule has 6 nitrogen and oxygen atoms in total. The molecule has 120 valence electrons. The first-order valence-electron chi connectivity index (χ1n) is 7.32. The first-order chi connectivity index (χ1) is 10.3. The number of hydrogen-bond acceptors (Lipinski definition) is 4. The van der Waals surface area contributed by atoms with Gasteiger partial charge in [-0.2, -0.15) is 5.10 Å². The lowest BCUT2D eigenvalue weighted by molar-refractivity contribution is 0.515. The fourth-order valence-corrected chi connectivity index (χ4v) is 3.87. The normalized spacial score (nSPS) is 13.3. The summed E-state index contributed by atoms with van der Waals surface area (Å²) in [6, 6.07) is 4.95. The molecule has 2 rings (SSSR count). The number of benzene rings is 1. The molecule has 0 radical (unpaired) electrons. The molecule has 22 heavy (non-hydrogen) atoms. The summed E-state index contributed by atoms with van der Waals surface area (Å²) in [4.78, 5) is 4.48. The number of aromatic nitrogens is 3. The summed E-state index contributed by atoms with van der Waals surface area (Å²) >= 11 is 0. The lowest BCUT2D eigenvalue weighted by Crippen LogP contribution is -2.29. The first-order valence-corrected chi connectivity index (χ1v) is 8.80. The molecule has 1 atom stereocenters. The largest absolute Gasteiger partial charge is 0.249 e. The third-order valence-electron chi connectivity index (χ3n) is 3.43. The van der Waals surface area contributed by atoms with E-state index in [0.717, 1.165) is 17.5 Å². The minimum atomic E-state index is -3.60. The van der Waals surface area contributed by atoms with Gasteiger partial charge < -0.3 is 0 Å². The number of hydrogen-bond donors (Lipinski definition) is 1. The Morgan fingerprint density at radius 3 is 2.73 bits per heavy atom. The highest BCUT2D eigenvalue weighted by Crippen LogP contribution is 2.19. The van der Waals surface area contributed by atoms with Gasteiger partial charge in [-0.15, -0.1) is 0 Å². The van der Waals surface area contributed by atoms with Crippen LogP contribution in [0.25, 0.3) is 0 Å². The van der Waals surface area contributed by atoms with E-state index in [-0.39, 0.29) is 0 Å². The molecule has 1 N–H and O–H groups in total. The Hall–Kier alpha value is -1.73. The summed E-state index contributed by atoms with van der Waals surface area (Å²) in [5.41, 5.74) is 1.63. The molecule has 0 amide bonds. The van der Waals surface area contributed by atoms with Gasteiger partial charge in [-0.3, -0.25) is 0 Å². The van der Waals surface area contributed by atoms with Crippen LogP contribution in [0.3, 0.4) is 0 Å². The fourth-order valence-electron chi connectivity index (χ4n) is 2.34. The Kier molecular flexibility index (Phi) is 4.97. The topological polar surface area (TPSA) is 76.9 Å². The summed E-state index contributed by atoms with van der Waals surface area (Å²) in [5, 5.41) is 4.13. The Morgan fingerprint density at radius 2 is 2.05 bits per heavy atom. The number of nitrogens with zero attached hydrogens (tertiary/aromatic N) is 3. The summed E-state index contributed by atoms with van der Waals surface area (Å²) in [5.74, 6) is 0.621. The third-order valence-corrected chi connectivity index (χ3v) is 5.12. The number of nitrogens with one attached hydrogen (secondary N) is 1. The van der Waals surface area contributed by atoms with Crippen LogP contribution in [0.1, 0.15) is 43.3 Å². The van der Waals surface area contributed by atoms with Crippen LogP contribution in [0.5, 0.6) is 0 Å². The van der Waals surface area contributed by atoms with Gasteiger partial charge in [-0.05, 0) is 44.4 Å². The molecule has 2 aromatic rings. The molecule has 1 aromatic heterocycles. The highest BCUT2D eigenvalue weighted by Gasteiger charge is 2.23. The highest BCUT2D eigenvalue weighted by atomic mass is 32.2. The van der Waals surface area contributed by atoms with E-state index in [9.17, 15) is 8.42 Å². The van der Waals surface area contributed by atoms with Gasteiger partial charge in [0.1, 0.15) is 12.2 Å². The smallest absolute Gasteiger partial charge is 0.241 e. The SMILES string of the molecule is CCCn1ncnc1[C@@H](C)NS(=O)(=O)c1cc(C)ccc1C. The summed E-state index contributed by atoms with van der Waals surface area (Å²) in [7, 11) is -3.60. The van der Waals surface area contributed by atoms with E-state index in [2.05, 4.69) is 14.8 Å². The molecule has 0 aliphatic carbocycles. The molecule has 0 spiro atoms. The molecule has 0 bridgehead atoms. The zero-order valence-corrected chi connectivity index (χ0v) is 14.2. The first kappa shape index (κ1) is 16.6. The standard InChI is InChI=1S/C15H22N4O2S/c1-5-8-19-15(16-10-17-19)13(4)18-22(20,21)14-9-11(2)6-7-12(14)3/h6-7,9-10,13,18H,5,8H2,1-4H3/t13-/m1/s1. The Bertz CT molecular complexity index is 753. The Morgan fingerprint density at radius 1 is 1.32 bits per heavy atom. The van der Waals surface area contributed by atoms with Crippen molar-refractivity contribution in [2.75, 3.05) is 0 Å². The molecule has 0 aliphatic heterocycles. The van der Waals surface area contributed by atoms with Gasteiger partial charge in [0.15, 0.2) is 0 Å². The van der Waals surface area contributed by atoms with Crippen LogP contribution in [-0.2, 0) is 16.6 Å². The van der Waals surface area contributed by atoms with Crippen molar-refractivity contribution in [2.24, 2.45) is 0 Å². The van der Waals surface area contributed by atoms with Crippen molar-refractivity contribution in [1.82, 2.24) is 19.5 Å². The van der Waals surface area contributed by atoms with Crippen molar-refractivity contribution in [2.45, 2.75) is 51.6 Å². The van der Waals surface area contributed by atoms with Crippen LogP contribution in [0.2, 0.25) is 0 Å². The summed E-state index contributed by atoms with van der Waals surface area (Å²) in [6.45, 7) is 8.19. The average Bonchev–Trinajstić information content (AvgIpc) is 2.90. The maximum atomic E-state index is 12.6. The minimum absolute atomic E-state index is 0.306. The molecular weight excluding hydrogens is 300 g/mol. The zero-order valence-electron chi connectivity index (χ0n) is 13.4. The Labute approximate surface area is 131 Å². The van der Waals surface area contributed by atoms with E-state index in [4.69, 9.17) is 0 Å². The lowest BCUT2D eigenvalue weighted by Gasteiger charge is -2.16. The number of sulfonamides is 1. The van der Waals surface area contributed by atoms with Gasteiger partial charge >= 0.3 is 0 Å². The molecule has 1 heterocycles. The van der Waals surface area contributed by atoms with E-state index in [0.29, 0.717) is 17.3 Å². The van der Waals surface area contributed by atoms with Gasteiger partial charge in [-0.1, -0.05) is 19.1 Å². The predicted molar refractivity (Wildman–Crippen MR) is 85.0 cm³/mol. The van der Waals surface area contributed by atoms with Gasteiger partial charge in [0.2, 0.25) is 10.0 Å². The second-order valence-corrected chi connectivity index (χ2v) is 7.14. The van der Waals surface area contributed by atoms with Crippen LogP contribution in [0, 0.1) is 13.8 Å². The summed E-state index contributed by atoms with van der Waals surface area (Å²) < 4.78 is 29.6. The maximum Gasteiger partial charge on any atom is 0.241 e. The maximum absolute atomic E-state index is 12.6. The van der Waals surface area contributed by atoms with E-state index in [1.165, 1.54) is 6.33 Å². The average molecular weight is 322 g/mol. The van der Waals surface area contributed by atoms with Crippen molar-refractivity contribution >= 4 is 10.0 Å². The fraction of sp³-hybridized carbons (Fsp3) is 0.467. The molecule has 0 saturated carbocycles. The molecular formula is C15H22N4O2S.